The van der Waals surface area contributed by atoms with Gasteiger partial charge in [0.15, 0.2) is 0 Å². The van der Waals surface area contributed by atoms with E-state index in [9.17, 15) is 14.4 Å². The number of rotatable bonds is 4. The average molecular weight is 331 g/mol. The van der Waals surface area contributed by atoms with E-state index in [1.54, 1.807) is 9.80 Å². The van der Waals surface area contributed by atoms with Crippen LogP contribution in [-0.2, 0) is 14.4 Å². The van der Waals surface area contributed by atoms with Crippen molar-refractivity contribution in [2.75, 3.05) is 31.5 Å². The quantitative estimate of drug-likeness (QED) is 0.913. The predicted octanol–water partition coefficient (Wildman–Crippen LogP) is 1.71. The number of aryl methyl sites for hydroxylation is 2. The zero-order chi connectivity index (χ0) is 17.7. The van der Waals surface area contributed by atoms with Crippen molar-refractivity contribution in [3.05, 3.63) is 29.3 Å². The summed E-state index contributed by atoms with van der Waals surface area (Å²) in [7, 11) is 0. The van der Waals surface area contributed by atoms with Crippen molar-refractivity contribution < 1.29 is 14.4 Å². The molecule has 1 N–H and O–H groups in total. The first kappa shape index (κ1) is 18.0. The van der Waals surface area contributed by atoms with E-state index in [4.69, 9.17) is 0 Å². The highest BCUT2D eigenvalue weighted by atomic mass is 16.2. The first-order valence-corrected chi connectivity index (χ1v) is 8.27. The number of hydrogen-bond donors (Lipinski definition) is 1. The Kier molecular flexibility index (Phi) is 5.95. The van der Waals surface area contributed by atoms with Gasteiger partial charge in [-0.25, -0.2) is 0 Å². The summed E-state index contributed by atoms with van der Waals surface area (Å²) < 4.78 is 0. The van der Waals surface area contributed by atoms with Gasteiger partial charge in [0, 0.05) is 51.6 Å². The Morgan fingerprint density at radius 2 is 1.62 bits per heavy atom. The number of nitrogens with one attached hydrogen (secondary N) is 1. The third-order valence-electron chi connectivity index (χ3n) is 4.30. The molecular formula is C18H25N3O3. The maximum atomic E-state index is 12.2. The van der Waals surface area contributed by atoms with Crippen LogP contribution in [0.25, 0.3) is 0 Å². The number of carbonyl (C=O) groups is 3. The lowest BCUT2D eigenvalue weighted by Gasteiger charge is -2.34. The van der Waals surface area contributed by atoms with Crippen LogP contribution in [-0.4, -0.2) is 53.7 Å². The lowest BCUT2D eigenvalue weighted by Crippen LogP contribution is -2.50. The van der Waals surface area contributed by atoms with Crippen LogP contribution < -0.4 is 5.32 Å². The van der Waals surface area contributed by atoms with Crippen molar-refractivity contribution in [2.45, 2.75) is 33.6 Å². The smallest absolute Gasteiger partial charge is 0.224 e. The van der Waals surface area contributed by atoms with Crippen LogP contribution >= 0.6 is 0 Å². The zero-order valence-corrected chi connectivity index (χ0v) is 14.6. The first-order chi connectivity index (χ1) is 11.4. The molecule has 1 aliphatic rings. The molecule has 0 bridgehead atoms. The van der Waals surface area contributed by atoms with Gasteiger partial charge in [-0.1, -0.05) is 17.7 Å². The van der Waals surface area contributed by atoms with Crippen molar-refractivity contribution in [1.82, 2.24) is 9.80 Å². The van der Waals surface area contributed by atoms with E-state index in [0.29, 0.717) is 26.2 Å². The Balaban J connectivity index is 1.77. The fourth-order valence-electron chi connectivity index (χ4n) is 2.82. The predicted molar refractivity (Wildman–Crippen MR) is 92.6 cm³/mol. The molecule has 6 heteroatoms. The Labute approximate surface area is 142 Å². The molecule has 0 radical (unpaired) electrons. The highest BCUT2D eigenvalue weighted by Crippen LogP contribution is 2.16. The molecule has 0 spiro atoms. The van der Waals surface area contributed by atoms with Gasteiger partial charge in [0.05, 0.1) is 0 Å². The minimum Gasteiger partial charge on any atom is -0.339 e. The van der Waals surface area contributed by atoms with Crippen LogP contribution in [0.5, 0.6) is 0 Å². The van der Waals surface area contributed by atoms with Crippen LogP contribution in [0, 0.1) is 13.8 Å². The number of nitrogens with zero attached hydrogens (tertiary/aromatic N) is 2. The molecule has 0 aromatic heterocycles. The number of amides is 3. The van der Waals surface area contributed by atoms with Crippen LogP contribution in [0.4, 0.5) is 5.69 Å². The topological polar surface area (TPSA) is 69.7 Å². The highest BCUT2D eigenvalue weighted by molar-refractivity contribution is 5.93. The molecule has 0 atom stereocenters. The van der Waals surface area contributed by atoms with Gasteiger partial charge in [0.1, 0.15) is 0 Å². The third-order valence-corrected chi connectivity index (χ3v) is 4.30. The Morgan fingerprint density at radius 3 is 2.21 bits per heavy atom. The van der Waals surface area contributed by atoms with Crippen molar-refractivity contribution in [1.29, 1.82) is 0 Å². The normalized spacial score (nSPS) is 14.5. The summed E-state index contributed by atoms with van der Waals surface area (Å²) in [4.78, 5) is 39.0. The number of carbonyl (C=O) groups excluding carboxylic acids is 3. The molecule has 0 aliphatic carbocycles. The van der Waals surface area contributed by atoms with Gasteiger partial charge in [-0.2, -0.15) is 0 Å². The molecule has 0 unspecified atom stereocenters. The van der Waals surface area contributed by atoms with Crippen LogP contribution in [0.3, 0.4) is 0 Å². The second kappa shape index (κ2) is 7.95. The van der Waals surface area contributed by atoms with Gasteiger partial charge in [-0.05, 0) is 25.5 Å². The van der Waals surface area contributed by atoms with E-state index in [1.807, 2.05) is 32.0 Å². The average Bonchev–Trinajstić information content (AvgIpc) is 2.55. The monoisotopic (exact) mass is 331 g/mol. The Morgan fingerprint density at radius 1 is 1.00 bits per heavy atom. The van der Waals surface area contributed by atoms with Crippen molar-refractivity contribution >= 4 is 23.4 Å². The molecule has 1 heterocycles. The number of piperazine rings is 1. The van der Waals surface area contributed by atoms with Gasteiger partial charge < -0.3 is 15.1 Å². The van der Waals surface area contributed by atoms with Crippen molar-refractivity contribution in [3.8, 4) is 0 Å². The summed E-state index contributed by atoms with van der Waals surface area (Å²) in [5, 5.41) is 2.86. The summed E-state index contributed by atoms with van der Waals surface area (Å²) in [6.07, 6.45) is 0.357. The second-order valence-corrected chi connectivity index (χ2v) is 6.25. The lowest BCUT2D eigenvalue weighted by molar-refractivity contribution is -0.138. The molecule has 1 aliphatic heterocycles. The van der Waals surface area contributed by atoms with Crippen molar-refractivity contribution in [2.24, 2.45) is 0 Å². The molecule has 0 saturated carbocycles. The minimum atomic E-state index is -0.155. The Bertz CT molecular complexity index is 634. The SMILES string of the molecule is CC(=O)N1CCN(C(=O)CCC(=O)Nc2ccc(C)cc2C)CC1. The van der Waals surface area contributed by atoms with Crippen molar-refractivity contribution in [3.63, 3.8) is 0 Å². The summed E-state index contributed by atoms with van der Waals surface area (Å²) in [5.74, 6) is -0.151. The van der Waals surface area contributed by atoms with E-state index in [2.05, 4.69) is 5.32 Å². The molecule has 1 aromatic carbocycles. The van der Waals surface area contributed by atoms with Gasteiger partial charge in [0.2, 0.25) is 17.7 Å². The van der Waals surface area contributed by atoms with Gasteiger partial charge in [-0.3, -0.25) is 14.4 Å². The fourth-order valence-corrected chi connectivity index (χ4v) is 2.82. The van der Waals surface area contributed by atoms with E-state index in [-0.39, 0.29) is 30.6 Å². The van der Waals surface area contributed by atoms with Gasteiger partial charge >= 0.3 is 0 Å². The highest BCUT2D eigenvalue weighted by Gasteiger charge is 2.22. The summed E-state index contributed by atoms with van der Waals surface area (Å²) in [5.41, 5.74) is 2.94. The maximum absolute atomic E-state index is 12.2. The molecule has 6 nitrogen and oxygen atoms in total. The number of benzene rings is 1. The standard InChI is InChI=1S/C18H25N3O3/c1-13-4-5-16(14(2)12-13)19-17(23)6-7-18(24)21-10-8-20(9-11-21)15(3)22/h4-5,12H,6-11H2,1-3H3,(H,19,23). The second-order valence-electron chi connectivity index (χ2n) is 6.25. The number of hydrogen-bond acceptors (Lipinski definition) is 3. The van der Waals surface area contributed by atoms with Crippen LogP contribution in [0.1, 0.15) is 30.9 Å². The van der Waals surface area contributed by atoms with Crippen LogP contribution in [0.2, 0.25) is 0 Å². The molecule has 1 saturated heterocycles. The summed E-state index contributed by atoms with van der Waals surface area (Å²) in [6.45, 7) is 7.69. The molecule has 3 amide bonds. The van der Waals surface area contributed by atoms with E-state index >= 15 is 0 Å². The van der Waals surface area contributed by atoms with E-state index in [0.717, 1.165) is 16.8 Å². The maximum Gasteiger partial charge on any atom is 0.224 e. The molecule has 24 heavy (non-hydrogen) atoms. The summed E-state index contributed by atoms with van der Waals surface area (Å²) in [6, 6.07) is 5.84. The molecule has 130 valence electrons. The molecule has 1 fully saturated rings. The van der Waals surface area contributed by atoms with E-state index in [1.165, 1.54) is 6.92 Å². The molecule has 1 aromatic rings. The van der Waals surface area contributed by atoms with Gasteiger partial charge in [-0.15, -0.1) is 0 Å². The van der Waals surface area contributed by atoms with Gasteiger partial charge in [0.25, 0.3) is 0 Å². The number of anilines is 1. The molecule has 2 rings (SSSR count). The third kappa shape index (κ3) is 4.81. The molecular weight excluding hydrogens is 306 g/mol. The largest absolute Gasteiger partial charge is 0.339 e. The first-order valence-electron chi connectivity index (χ1n) is 8.27. The fraction of sp³-hybridized carbons (Fsp3) is 0.500. The zero-order valence-electron chi connectivity index (χ0n) is 14.6. The minimum absolute atomic E-state index is 0.0334. The summed E-state index contributed by atoms with van der Waals surface area (Å²) >= 11 is 0. The Hall–Kier alpha value is -2.37. The van der Waals surface area contributed by atoms with Crippen LogP contribution in [0.15, 0.2) is 18.2 Å². The van der Waals surface area contributed by atoms with E-state index < -0.39 is 0 Å². The lowest BCUT2D eigenvalue weighted by atomic mass is 10.1.